The molecule has 0 radical (unpaired) electrons. The highest BCUT2D eigenvalue weighted by molar-refractivity contribution is 5.89. The molecule has 2 aromatic carbocycles. The average Bonchev–Trinajstić information content (AvgIpc) is 3.19. The summed E-state index contributed by atoms with van der Waals surface area (Å²) >= 11 is 0. The average molecular weight is 402 g/mol. The van der Waals surface area contributed by atoms with Gasteiger partial charge < -0.3 is 15.3 Å². The molecule has 154 valence electrons. The van der Waals surface area contributed by atoms with Gasteiger partial charge in [-0.1, -0.05) is 25.1 Å². The van der Waals surface area contributed by atoms with Gasteiger partial charge in [0.25, 0.3) is 0 Å². The largest absolute Gasteiger partial charge is 0.478 e. The molecule has 0 saturated carbocycles. The lowest BCUT2D eigenvalue weighted by Gasteiger charge is -2.21. The van der Waals surface area contributed by atoms with Crippen LogP contribution in [0.4, 0.5) is 11.4 Å². The SMILES string of the molecule is CCc1ccc(N(C)c2ccc3c(c2)CN[C@@H]3CCc2cnccc2C(=O)O)cc1. The molecule has 2 heterocycles. The van der Waals surface area contributed by atoms with E-state index in [0.717, 1.165) is 24.9 Å². The third-order valence-electron chi connectivity index (χ3n) is 6.00. The van der Waals surface area contributed by atoms with Gasteiger partial charge in [-0.15, -0.1) is 0 Å². The quantitative estimate of drug-likeness (QED) is 0.590. The molecule has 3 aromatic rings. The van der Waals surface area contributed by atoms with Gasteiger partial charge in [0.15, 0.2) is 0 Å². The fraction of sp³-hybridized carbons (Fsp3) is 0.280. The van der Waals surface area contributed by atoms with E-state index in [-0.39, 0.29) is 6.04 Å². The summed E-state index contributed by atoms with van der Waals surface area (Å²) in [4.78, 5) is 17.7. The van der Waals surface area contributed by atoms with Gasteiger partial charge in [-0.2, -0.15) is 0 Å². The molecular weight excluding hydrogens is 374 g/mol. The van der Waals surface area contributed by atoms with Crippen molar-refractivity contribution in [3.8, 4) is 0 Å². The maximum Gasteiger partial charge on any atom is 0.336 e. The van der Waals surface area contributed by atoms with Crippen molar-refractivity contribution in [2.24, 2.45) is 0 Å². The van der Waals surface area contributed by atoms with Gasteiger partial charge in [-0.05, 0) is 71.8 Å². The van der Waals surface area contributed by atoms with Crippen molar-refractivity contribution in [1.29, 1.82) is 0 Å². The second-order valence-electron chi connectivity index (χ2n) is 7.77. The second kappa shape index (κ2) is 8.67. The van der Waals surface area contributed by atoms with Crippen LogP contribution in [0, 0.1) is 0 Å². The zero-order valence-electron chi connectivity index (χ0n) is 17.4. The van der Waals surface area contributed by atoms with Gasteiger partial charge >= 0.3 is 5.97 Å². The number of rotatable bonds is 7. The number of carboxylic acids is 1. The van der Waals surface area contributed by atoms with Gasteiger partial charge in [-0.3, -0.25) is 4.98 Å². The van der Waals surface area contributed by atoms with Crippen LogP contribution in [0.3, 0.4) is 0 Å². The van der Waals surface area contributed by atoms with E-state index in [4.69, 9.17) is 0 Å². The number of aryl methyl sites for hydroxylation is 2. The first kappa shape index (κ1) is 20.1. The van der Waals surface area contributed by atoms with Crippen molar-refractivity contribution in [3.63, 3.8) is 0 Å². The van der Waals surface area contributed by atoms with Crippen LogP contribution in [-0.4, -0.2) is 23.1 Å². The molecule has 1 aliphatic heterocycles. The number of fused-ring (bicyclic) bond motifs is 1. The Bertz CT molecular complexity index is 1050. The molecule has 0 amide bonds. The normalized spacial score (nSPS) is 15.1. The molecule has 30 heavy (non-hydrogen) atoms. The first-order valence-corrected chi connectivity index (χ1v) is 10.4. The summed E-state index contributed by atoms with van der Waals surface area (Å²) in [6.45, 7) is 2.99. The number of nitrogens with one attached hydrogen (secondary N) is 1. The Hall–Kier alpha value is -3.18. The zero-order chi connectivity index (χ0) is 21.1. The Balaban J connectivity index is 1.48. The van der Waals surface area contributed by atoms with Gasteiger partial charge in [-0.25, -0.2) is 4.79 Å². The van der Waals surface area contributed by atoms with E-state index >= 15 is 0 Å². The number of benzene rings is 2. The molecule has 1 atom stereocenters. The van der Waals surface area contributed by atoms with Crippen molar-refractivity contribution >= 4 is 17.3 Å². The molecule has 0 aliphatic carbocycles. The van der Waals surface area contributed by atoms with Crippen LogP contribution >= 0.6 is 0 Å². The van der Waals surface area contributed by atoms with Crippen LogP contribution in [-0.2, 0) is 19.4 Å². The Kier molecular flexibility index (Phi) is 5.81. The number of hydrogen-bond acceptors (Lipinski definition) is 4. The Labute approximate surface area is 177 Å². The number of carbonyl (C=O) groups is 1. The van der Waals surface area contributed by atoms with E-state index in [1.807, 2.05) is 0 Å². The fourth-order valence-corrected chi connectivity index (χ4v) is 4.13. The van der Waals surface area contributed by atoms with E-state index in [9.17, 15) is 9.90 Å². The molecule has 2 N–H and O–H groups in total. The number of anilines is 2. The molecule has 0 saturated heterocycles. The van der Waals surface area contributed by atoms with Crippen LogP contribution in [0.25, 0.3) is 0 Å². The summed E-state index contributed by atoms with van der Waals surface area (Å²) in [6, 6.07) is 17.1. The predicted molar refractivity (Wildman–Crippen MR) is 119 cm³/mol. The summed E-state index contributed by atoms with van der Waals surface area (Å²) in [6.07, 6.45) is 5.76. The van der Waals surface area contributed by atoms with Crippen LogP contribution in [0.15, 0.2) is 60.9 Å². The molecule has 4 rings (SSSR count). The topological polar surface area (TPSA) is 65.5 Å². The smallest absolute Gasteiger partial charge is 0.336 e. The monoisotopic (exact) mass is 401 g/mol. The number of nitrogens with zero attached hydrogens (tertiary/aromatic N) is 2. The number of carboxylic acid groups (broad SMARTS) is 1. The molecule has 5 nitrogen and oxygen atoms in total. The van der Waals surface area contributed by atoms with E-state index in [1.165, 1.54) is 34.3 Å². The molecular formula is C25H27N3O2. The van der Waals surface area contributed by atoms with Crippen molar-refractivity contribution in [1.82, 2.24) is 10.3 Å². The Morgan fingerprint density at radius 3 is 2.67 bits per heavy atom. The standard InChI is InChI=1S/C25H27N3O2/c1-3-17-4-7-20(8-5-17)28(2)21-9-10-22-19(14-21)16-27-24(22)11-6-18-15-26-13-12-23(18)25(29)30/h4-5,7-10,12-15,24,27H,3,6,11,16H2,1-2H3,(H,29,30)/t24-/m1/s1. The first-order valence-electron chi connectivity index (χ1n) is 10.4. The molecule has 0 unspecified atom stereocenters. The number of aromatic nitrogens is 1. The molecule has 5 heteroatoms. The van der Waals surface area contributed by atoms with Gasteiger partial charge in [0.05, 0.1) is 5.56 Å². The van der Waals surface area contributed by atoms with Gasteiger partial charge in [0.1, 0.15) is 0 Å². The van der Waals surface area contributed by atoms with Crippen molar-refractivity contribution in [3.05, 3.63) is 88.7 Å². The van der Waals surface area contributed by atoms with E-state index < -0.39 is 5.97 Å². The maximum absolute atomic E-state index is 11.4. The third-order valence-corrected chi connectivity index (χ3v) is 6.00. The van der Waals surface area contributed by atoms with E-state index in [2.05, 4.69) is 71.6 Å². The van der Waals surface area contributed by atoms with Gasteiger partial charge in [0, 0.05) is 43.4 Å². The van der Waals surface area contributed by atoms with Crippen LogP contribution in [0.5, 0.6) is 0 Å². The second-order valence-corrected chi connectivity index (χ2v) is 7.77. The van der Waals surface area contributed by atoms with Crippen molar-refractivity contribution < 1.29 is 9.90 Å². The summed E-state index contributed by atoms with van der Waals surface area (Å²) in [7, 11) is 2.10. The lowest BCUT2D eigenvalue weighted by atomic mass is 9.97. The highest BCUT2D eigenvalue weighted by atomic mass is 16.4. The number of hydrogen-bond donors (Lipinski definition) is 2. The maximum atomic E-state index is 11.4. The number of pyridine rings is 1. The summed E-state index contributed by atoms with van der Waals surface area (Å²) in [5, 5.41) is 12.9. The lowest BCUT2D eigenvalue weighted by Crippen LogP contribution is -2.14. The first-order chi connectivity index (χ1) is 14.6. The predicted octanol–water partition coefficient (Wildman–Crippen LogP) is 4.89. The molecule has 1 aliphatic rings. The highest BCUT2D eigenvalue weighted by Gasteiger charge is 2.23. The lowest BCUT2D eigenvalue weighted by molar-refractivity contribution is 0.0695. The fourth-order valence-electron chi connectivity index (χ4n) is 4.13. The van der Waals surface area contributed by atoms with Crippen molar-refractivity contribution in [2.75, 3.05) is 11.9 Å². The minimum absolute atomic E-state index is 0.227. The van der Waals surface area contributed by atoms with Crippen LogP contribution < -0.4 is 10.2 Å². The summed E-state index contributed by atoms with van der Waals surface area (Å²) in [5.74, 6) is -0.896. The van der Waals surface area contributed by atoms with Gasteiger partial charge in [0.2, 0.25) is 0 Å². The molecule has 0 bridgehead atoms. The number of aromatic carboxylic acids is 1. The van der Waals surface area contributed by atoms with E-state index in [0.29, 0.717) is 12.0 Å². The minimum atomic E-state index is -0.896. The zero-order valence-corrected chi connectivity index (χ0v) is 17.4. The van der Waals surface area contributed by atoms with Crippen LogP contribution in [0.2, 0.25) is 0 Å². The van der Waals surface area contributed by atoms with Crippen molar-refractivity contribution in [2.45, 2.75) is 38.8 Å². The molecule has 0 spiro atoms. The minimum Gasteiger partial charge on any atom is -0.478 e. The third kappa shape index (κ3) is 4.07. The van der Waals surface area contributed by atoms with E-state index in [1.54, 1.807) is 12.3 Å². The summed E-state index contributed by atoms with van der Waals surface area (Å²) < 4.78 is 0. The molecule has 1 aromatic heterocycles. The summed E-state index contributed by atoms with van der Waals surface area (Å²) in [5.41, 5.74) is 7.41. The highest BCUT2D eigenvalue weighted by Crippen LogP contribution is 2.33. The molecule has 0 fully saturated rings. The Morgan fingerprint density at radius 1 is 1.17 bits per heavy atom. The Morgan fingerprint density at radius 2 is 1.93 bits per heavy atom. The van der Waals surface area contributed by atoms with Crippen LogP contribution in [0.1, 0.15) is 52.0 Å².